The molecule has 1 aromatic heterocycles. The van der Waals surface area contributed by atoms with Gasteiger partial charge in [0.2, 0.25) is 5.91 Å². The van der Waals surface area contributed by atoms with Gasteiger partial charge in [-0.05, 0) is 53.3 Å². The van der Waals surface area contributed by atoms with E-state index >= 15 is 0 Å². The van der Waals surface area contributed by atoms with Crippen molar-refractivity contribution in [2.45, 2.75) is 39.5 Å². The standard InChI is InChI=1S/C24H28N2O3S/c1-6-13-29-19-11-7-16(14-20(19)28-5)8-12-22(27)26-23-25-18-10-9-17(24(2,3)4)15-21(18)30-23/h7-12,14-15H,6,13H2,1-5H3,(H,25,26,27)/b12-8+. The number of thiazole rings is 1. The maximum Gasteiger partial charge on any atom is 0.250 e. The third kappa shape index (κ3) is 5.39. The Labute approximate surface area is 181 Å². The molecule has 0 aliphatic rings. The van der Waals surface area contributed by atoms with Gasteiger partial charge in [-0.3, -0.25) is 10.1 Å². The number of rotatable bonds is 7. The van der Waals surface area contributed by atoms with Crippen LogP contribution in [0.5, 0.6) is 11.5 Å². The van der Waals surface area contributed by atoms with Crippen LogP contribution < -0.4 is 14.8 Å². The number of anilines is 1. The molecule has 1 N–H and O–H groups in total. The summed E-state index contributed by atoms with van der Waals surface area (Å²) < 4.78 is 12.1. The van der Waals surface area contributed by atoms with E-state index in [1.807, 2.05) is 24.3 Å². The zero-order valence-corrected chi connectivity index (χ0v) is 18.9. The number of carbonyl (C=O) groups excluding carboxylic acids is 1. The van der Waals surface area contributed by atoms with Crippen molar-refractivity contribution in [2.24, 2.45) is 0 Å². The van der Waals surface area contributed by atoms with Crippen molar-refractivity contribution in [1.29, 1.82) is 0 Å². The zero-order chi connectivity index (χ0) is 21.7. The zero-order valence-electron chi connectivity index (χ0n) is 18.1. The van der Waals surface area contributed by atoms with Gasteiger partial charge in [-0.25, -0.2) is 4.98 Å². The van der Waals surface area contributed by atoms with E-state index in [2.05, 4.69) is 50.1 Å². The molecule has 0 aliphatic carbocycles. The van der Waals surface area contributed by atoms with E-state index in [-0.39, 0.29) is 11.3 Å². The Morgan fingerprint density at radius 1 is 1.17 bits per heavy atom. The van der Waals surface area contributed by atoms with Gasteiger partial charge in [0.1, 0.15) is 0 Å². The summed E-state index contributed by atoms with van der Waals surface area (Å²) in [6.07, 6.45) is 4.16. The molecule has 6 heteroatoms. The monoisotopic (exact) mass is 424 g/mol. The fraction of sp³-hybridized carbons (Fsp3) is 0.333. The topological polar surface area (TPSA) is 60.5 Å². The third-order valence-corrected chi connectivity index (χ3v) is 5.49. The number of methoxy groups -OCH3 is 1. The first-order valence-electron chi connectivity index (χ1n) is 10.0. The highest BCUT2D eigenvalue weighted by atomic mass is 32.1. The van der Waals surface area contributed by atoms with Crippen molar-refractivity contribution in [3.63, 3.8) is 0 Å². The molecule has 0 spiro atoms. The third-order valence-electron chi connectivity index (χ3n) is 4.56. The molecule has 30 heavy (non-hydrogen) atoms. The SMILES string of the molecule is CCCOc1ccc(/C=C/C(=O)Nc2nc3ccc(C(C)(C)C)cc3s2)cc1OC. The van der Waals surface area contributed by atoms with Crippen LogP contribution in [0.4, 0.5) is 5.13 Å². The van der Waals surface area contributed by atoms with Crippen molar-refractivity contribution in [1.82, 2.24) is 4.98 Å². The Hall–Kier alpha value is -2.86. The number of hydrogen-bond donors (Lipinski definition) is 1. The quantitative estimate of drug-likeness (QED) is 0.470. The highest BCUT2D eigenvalue weighted by Gasteiger charge is 2.15. The average molecular weight is 425 g/mol. The van der Waals surface area contributed by atoms with Gasteiger partial charge in [-0.15, -0.1) is 0 Å². The second-order valence-corrected chi connectivity index (χ2v) is 9.06. The van der Waals surface area contributed by atoms with Gasteiger partial charge in [0.25, 0.3) is 0 Å². The molecule has 0 bridgehead atoms. The van der Waals surface area contributed by atoms with Gasteiger partial charge in [0, 0.05) is 6.08 Å². The molecule has 0 saturated heterocycles. The summed E-state index contributed by atoms with van der Waals surface area (Å²) in [7, 11) is 1.60. The molecular weight excluding hydrogens is 396 g/mol. The summed E-state index contributed by atoms with van der Waals surface area (Å²) in [5.74, 6) is 1.12. The van der Waals surface area contributed by atoms with Crippen molar-refractivity contribution < 1.29 is 14.3 Å². The van der Waals surface area contributed by atoms with Gasteiger partial charge in [-0.2, -0.15) is 0 Å². The Balaban J connectivity index is 1.70. The molecule has 158 valence electrons. The lowest BCUT2D eigenvalue weighted by Crippen LogP contribution is -2.10. The van der Waals surface area contributed by atoms with Crippen molar-refractivity contribution in [3.8, 4) is 11.5 Å². The summed E-state index contributed by atoms with van der Waals surface area (Å²) in [4.78, 5) is 16.9. The highest BCUT2D eigenvalue weighted by molar-refractivity contribution is 7.22. The van der Waals surface area contributed by atoms with E-state index in [1.54, 1.807) is 13.2 Å². The maximum absolute atomic E-state index is 12.4. The molecular formula is C24H28N2O3S. The molecule has 2 aromatic carbocycles. The van der Waals surface area contributed by atoms with Crippen molar-refractivity contribution in [3.05, 3.63) is 53.6 Å². The maximum atomic E-state index is 12.4. The minimum atomic E-state index is -0.227. The first-order valence-corrected chi connectivity index (χ1v) is 10.8. The average Bonchev–Trinajstić information content (AvgIpc) is 3.11. The fourth-order valence-electron chi connectivity index (χ4n) is 2.88. The lowest BCUT2D eigenvalue weighted by atomic mass is 9.87. The van der Waals surface area contributed by atoms with E-state index in [9.17, 15) is 4.79 Å². The molecule has 3 rings (SSSR count). The van der Waals surface area contributed by atoms with Crippen molar-refractivity contribution >= 4 is 38.7 Å². The van der Waals surface area contributed by atoms with Crippen LogP contribution >= 0.6 is 11.3 Å². The normalized spacial score (nSPS) is 11.8. The first-order chi connectivity index (χ1) is 14.3. The second-order valence-electron chi connectivity index (χ2n) is 8.03. The number of amides is 1. The summed E-state index contributed by atoms with van der Waals surface area (Å²) in [5.41, 5.74) is 3.06. The molecule has 5 nitrogen and oxygen atoms in total. The number of hydrogen-bond acceptors (Lipinski definition) is 5. The summed E-state index contributed by atoms with van der Waals surface area (Å²) >= 11 is 1.48. The lowest BCUT2D eigenvalue weighted by Gasteiger charge is -2.18. The highest BCUT2D eigenvalue weighted by Crippen LogP contribution is 2.31. The van der Waals surface area contributed by atoms with Gasteiger partial charge in [-0.1, -0.05) is 51.2 Å². The van der Waals surface area contributed by atoms with Crippen LogP contribution in [0.15, 0.2) is 42.5 Å². The number of aromatic nitrogens is 1. The van der Waals surface area contributed by atoms with Crippen LogP contribution in [0.25, 0.3) is 16.3 Å². The van der Waals surface area contributed by atoms with Gasteiger partial charge in [0.15, 0.2) is 16.6 Å². The fourth-order valence-corrected chi connectivity index (χ4v) is 3.79. The smallest absolute Gasteiger partial charge is 0.250 e. The lowest BCUT2D eigenvalue weighted by molar-refractivity contribution is -0.111. The number of benzene rings is 2. The van der Waals surface area contributed by atoms with E-state index < -0.39 is 0 Å². The minimum absolute atomic E-state index is 0.0719. The molecule has 0 saturated carbocycles. The van der Waals surface area contributed by atoms with Crippen LogP contribution in [0.3, 0.4) is 0 Å². The molecule has 3 aromatic rings. The first kappa shape index (κ1) is 21.8. The van der Waals surface area contributed by atoms with Crippen molar-refractivity contribution in [2.75, 3.05) is 19.0 Å². The van der Waals surface area contributed by atoms with Crippen LogP contribution in [-0.2, 0) is 10.2 Å². The summed E-state index contributed by atoms with van der Waals surface area (Å²) in [6, 6.07) is 11.8. The molecule has 1 heterocycles. The number of ether oxygens (including phenoxy) is 2. The predicted octanol–water partition coefficient (Wildman–Crippen LogP) is 6.04. The number of carbonyl (C=O) groups is 1. The Kier molecular flexibility index (Phi) is 6.77. The van der Waals surface area contributed by atoms with E-state index in [4.69, 9.17) is 9.47 Å². The van der Waals surface area contributed by atoms with E-state index in [0.29, 0.717) is 23.2 Å². The number of nitrogens with one attached hydrogen (secondary N) is 1. The van der Waals surface area contributed by atoms with Gasteiger partial charge < -0.3 is 9.47 Å². The van der Waals surface area contributed by atoms with Crippen LogP contribution in [0.2, 0.25) is 0 Å². The van der Waals surface area contributed by atoms with Crippen LogP contribution in [-0.4, -0.2) is 24.6 Å². The van der Waals surface area contributed by atoms with E-state index in [1.165, 1.54) is 23.0 Å². The largest absolute Gasteiger partial charge is 0.493 e. The molecule has 0 radical (unpaired) electrons. The van der Waals surface area contributed by atoms with Crippen LogP contribution in [0.1, 0.15) is 45.2 Å². The second kappa shape index (κ2) is 9.30. The minimum Gasteiger partial charge on any atom is -0.493 e. The number of nitrogens with zero attached hydrogens (tertiary/aromatic N) is 1. The van der Waals surface area contributed by atoms with Gasteiger partial charge in [0.05, 0.1) is 23.9 Å². The Morgan fingerprint density at radius 3 is 2.67 bits per heavy atom. The molecule has 0 atom stereocenters. The molecule has 0 unspecified atom stereocenters. The molecule has 1 amide bonds. The molecule has 0 aliphatic heterocycles. The summed E-state index contributed by atoms with van der Waals surface area (Å²) in [6.45, 7) is 9.23. The van der Waals surface area contributed by atoms with Crippen LogP contribution in [0, 0.1) is 0 Å². The predicted molar refractivity (Wildman–Crippen MR) is 125 cm³/mol. The summed E-state index contributed by atoms with van der Waals surface area (Å²) in [5, 5.41) is 3.44. The number of fused-ring (bicyclic) bond motifs is 1. The Bertz CT molecular complexity index is 1060. The Morgan fingerprint density at radius 2 is 1.97 bits per heavy atom. The van der Waals surface area contributed by atoms with Gasteiger partial charge >= 0.3 is 0 Å². The van der Waals surface area contributed by atoms with E-state index in [0.717, 1.165) is 22.2 Å². The molecule has 0 fully saturated rings.